The lowest BCUT2D eigenvalue weighted by Crippen LogP contribution is -2.36. The molecule has 13 nitrogen and oxygen atoms in total. The summed E-state index contributed by atoms with van der Waals surface area (Å²) in [6.07, 6.45) is 3.84. The fraction of sp³-hybridized carbons (Fsp3) is 0.542. The first-order valence-corrected chi connectivity index (χ1v) is 13.5. The molecule has 210 valence electrons. The molecule has 3 aromatic heterocycles. The van der Waals surface area contributed by atoms with Crippen LogP contribution in [0.4, 0.5) is 5.95 Å². The van der Waals surface area contributed by atoms with E-state index in [-0.39, 0.29) is 36.1 Å². The fourth-order valence-electron chi connectivity index (χ4n) is 4.71. The number of anilines is 1. The van der Waals surface area contributed by atoms with Crippen LogP contribution in [0.2, 0.25) is 0 Å². The van der Waals surface area contributed by atoms with E-state index in [9.17, 15) is 8.42 Å². The summed E-state index contributed by atoms with van der Waals surface area (Å²) in [5.74, 6) is 1.13. The van der Waals surface area contributed by atoms with Crippen molar-refractivity contribution < 1.29 is 29.2 Å². The second-order valence-corrected chi connectivity index (χ2v) is 11.7. The summed E-state index contributed by atoms with van der Waals surface area (Å²) in [6.45, 7) is 6.09. The molecule has 38 heavy (non-hydrogen) atoms. The Morgan fingerprint density at radius 2 is 1.74 bits per heavy atom. The van der Waals surface area contributed by atoms with Gasteiger partial charge in [-0.25, -0.2) is 18.0 Å². The van der Waals surface area contributed by atoms with Crippen LogP contribution in [-0.2, 0) is 10.0 Å². The van der Waals surface area contributed by atoms with Gasteiger partial charge in [-0.3, -0.25) is 4.72 Å². The molecule has 0 bridgehead atoms. The quantitative estimate of drug-likeness (QED) is 0.381. The number of nitrogens with zero attached hydrogens (tertiary/aromatic N) is 6. The second-order valence-electron chi connectivity index (χ2n) is 9.62. The highest BCUT2D eigenvalue weighted by Crippen LogP contribution is 2.47. The average molecular weight is 552 g/mol. The van der Waals surface area contributed by atoms with Crippen LogP contribution in [0.3, 0.4) is 0 Å². The maximum atomic E-state index is 13.4. The number of aliphatic hydroxyl groups excluding tert-OH is 1. The van der Waals surface area contributed by atoms with Crippen LogP contribution >= 0.6 is 0 Å². The van der Waals surface area contributed by atoms with Gasteiger partial charge in [-0.2, -0.15) is 9.97 Å². The zero-order valence-electron chi connectivity index (χ0n) is 22.7. The molecule has 0 saturated heterocycles. The van der Waals surface area contributed by atoms with E-state index in [1.54, 1.807) is 25.1 Å². The van der Waals surface area contributed by atoms with Crippen LogP contribution in [0.15, 0.2) is 24.5 Å². The molecule has 3 aromatic rings. The van der Waals surface area contributed by atoms with E-state index in [0.717, 1.165) is 20.0 Å². The van der Waals surface area contributed by atoms with Crippen LogP contribution in [0, 0.1) is 11.3 Å². The number of nitrogens with one attached hydrogen (secondary N) is 1. The molecule has 0 unspecified atom stereocenters. The van der Waals surface area contributed by atoms with Gasteiger partial charge in [0.05, 0.1) is 26.6 Å². The molecule has 0 aliphatic heterocycles. The lowest BCUT2D eigenvalue weighted by atomic mass is 9.63. The first-order chi connectivity index (χ1) is 18.1. The molecule has 0 amide bonds. The Balaban J connectivity index is 0.00000174. The summed E-state index contributed by atoms with van der Waals surface area (Å²) in [7, 11) is 1.56. The summed E-state index contributed by atoms with van der Waals surface area (Å²) in [6, 6.07) is 5.12. The molecule has 1 atom stereocenters. The molecule has 0 radical (unpaired) electrons. The Hall–Kier alpha value is -3.52. The molecule has 0 spiro atoms. The highest BCUT2D eigenvalue weighted by atomic mass is 32.2. The van der Waals surface area contributed by atoms with Crippen LogP contribution in [0.5, 0.6) is 17.6 Å². The first-order valence-electron chi connectivity index (χ1n) is 11.9. The number of methoxy groups -OCH3 is 3. The van der Waals surface area contributed by atoms with Crippen molar-refractivity contribution in [2.45, 2.75) is 45.3 Å². The lowest BCUT2D eigenvalue weighted by molar-refractivity contribution is 0.0899. The van der Waals surface area contributed by atoms with E-state index >= 15 is 0 Å². The van der Waals surface area contributed by atoms with Crippen molar-refractivity contribution in [2.24, 2.45) is 11.3 Å². The van der Waals surface area contributed by atoms with Crippen molar-refractivity contribution in [2.75, 3.05) is 33.2 Å². The molecule has 1 saturated carbocycles. The minimum absolute atomic E-state index is 0. The van der Waals surface area contributed by atoms with E-state index in [0.29, 0.717) is 23.9 Å². The van der Waals surface area contributed by atoms with Crippen molar-refractivity contribution in [1.82, 2.24) is 29.7 Å². The topological polar surface area (TPSA) is 163 Å². The van der Waals surface area contributed by atoms with Crippen molar-refractivity contribution in [3.8, 4) is 34.8 Å². The van der Waals surface area contributed by atoms with Crippen LogP contribution < -0.4 is 18.9 Å². The first kappa shape index (κ1) is 29.0. The van der Waals surface area contributed by atoms with Crippen molar-refractivity contribution in [1.29, 1.82) is 0 Å². The predicted molar refractivity (Wildman–Crippen MR) is 143 cm³/mol. The Bertz CT molecular complexity index is 1320. The third-order valence-corrected chi connectivity index (χ3v) is 8.02. The largest absolute Gasteiger partial charge is 0.481 e. The number of aromatic nitrogens is 6. The molecular weight excluding hydrogens is 514 g/mol. The Labute approximate surface area is 224 Å². The molecule has 3 heterocycles. The van der Waals surface area contributed by atoms with E-state index < -0.39 is 15.3 Å². The normalized spacial score (nSPS) is 15.5. The smallest absolute Gasteiger partial charge is 0.245 e. The summed E-state index contributed by atoms with van der Waals surface area (Å²) in [4.78, 5) is 12.8. The summed E-state index contributed by atoms with van der Waals surface area (Å²) in [5.41, 5.74) is 0.865. The second kappa shape index (κ2) is 11.9. The van der Waals surface area contributed by atoms with E-state index in [4.69, 9.17) is 19.3 Å². The number of hydrogen-bond donors (Lipinski definition) is 2. The Morgan fingerprint density at radius 3 is 2.29 bits per heavy atom. The summed E-state index contributed by atoms with van der Waals surface area (Å²) < 4.78 is 46.9. The Kier molecular flexibility index (Phi) is 9.09. The van der Waals surface area contributed by atoms with Gasteiger partial charge in [-0.15, -0.1) is 10.2 Å². The maximum Gasteiger partial charge on any atom is 0.245 e. The van der Waals surface area contributed by atoms with Crippen LogP contribution in [0.1, 0.15) is 41.5 Å². The minimum atomic E-state index is -3.81. The number of ether oxygens (including phenoxy) is 3. The third kappa shape index (κ3) is 6.13. The van der Waals surface area contributed by atoms with Gasteiger partial charge in [0.15, 0.2) is 11.5 Å². The van der Waals surface area contributed by atoms with Gasteiger partial charge in [0.2, 0.25) is 33.6 Å². The van der Waals surface area contributed by atoms with Gasteiger partial charge in [-0.1, -0.05) is 19.9 Å². The van der Waals surface area contributed by atoms with E-state index in [2.05, 4.69) is 43.7 Å². The fourth-order valence-corrected chi connectivity index (χ4v) is 5.83. The third-order valence-electron chi connectivity index (χ3n) is 6.30. The maximum absolute atomic E-state index is 13.4. The number of pyridine rings is 1. The monoisotopic (exact) mass is 551 g/mol. The molecule has 4 rings (SSSR count). The Morgan fingerprint density at radius 1 is 1.11 bits per heavy atom. The van der Waals surface area contributed by atoms with Crippen LogP contribution in [-0.4, -0.2) is 76.9 Å². The molecule has 14 heteroatoms. The SMILES string of the molecule is CO.COc1cccc(-c2nnc(NS(=O)(=O)[C@H](C)CC3CC(C)(C)C3)n2-c2c(OC)ncnc2OC)n1.[HH]. The van der Waals surface area contributed by atoms with Crippen molar-refractivity contribution in [3.05, 3.63) is 24.5 Å². The summed E-state index contributed by atoms with van der Waals surface area (Å²) in [5, 5.41) is 14.8. The standard InChI is InChI=1S/C23H31N7O5S.CH4O.H2/c1-14(10-15-11-23(2,3)12-15)36(31,32)29-22-28-27-19(16-8-7-9-17(26-16)33-4)30(22)18-20(34-5)24-13-25-21(18)35-6;1-2;/h7-9,13-15H,10-12H2,1-6H3,(H,28,29);2H,1H3;1H/t14-;;/m1../s1. The average Bonchev–Trinajstić information content (AvgIpc) is 3.30. The number of rotatable bonds is 10. The highest BCUT2D eigenvalue weighted by molar-refractivity contribution is 7.93. The zero-order valence-corrected chi connectivity index (χ0v) is 23.5. The molecule has 1 fully saturated rings. The van der Waals surface area contributed by atoms with Gasteiger partial charge in [0.1, 0.15) is 12.0 Å². The number of sulfonamides is 1. The highest BCUT2D eigenvalue weighted by Gasteiger charge is 2.39. The van der Waals surface area contributed by atoms with Crippen LogP contribution in [0.25, 0.3) is 17.2 Å². The molecule has 2 N–H and O–H groups in total. The van der Waals surface area contributed by atoms with E-state index in [1.807, 2.05) is 0 Å². The van der Waals surface area contributed by atoms with Gasteiger partial charge >= 0.3 is 0 Å². The van der Waals surface area contributed by atoms with Crippen molar-refractivity contribution in [3.63, 3.8) is 0 Å². The number of aliphatic hydroxyl groups is 1. The molecule has 0 aromatic carbocycles. The molecular formula is C24H37N7O6S. The van der Waals surface area contributed by atoms with Gasteiger partial charge in [-0.05, 0) is 43.6 Å². The minimum Gasteiger partial charge on any atom is -0.481 e. The number of hydrogen-bond acceptors (Lipinski definition) is 11. The predicted octanol–water partition coefficient (Wildman–Crippen LogP) is 2.96. The zero-order chi connectivity index (χ0) is 28.1. The van der Waals surface area contributed by atoms with Gasteiger partial charge in [0, 0.05) is 14.6 Å². The summed E-state index contributed by atoms with van der Waals surface area (Å²) >= 11 is 0. The molecule has 1 aliphatic rings. The molecule has 1 aliphatic carbocycles. The van der Waals surface area contributed by atoms with Gasteiger partial charge in [0.25, 0.3) is 0 Å². The van der Waals surface area contributed by atoms with E-state index in [1.165, 1.54) is 32.2 Å². The lowest BCUT2D eigenvalue weighted by Gasteiger charge is -2.43. The van der Waals surface area contributed by atoms with Gasteiger partial charge < -0.3 is 19.3 Å². The van der Waals surface area contributed by atoms with Crippen molar-refractivity contribution >= 4 is 16.0 Å².